The fourth-order valence-corrected chi connectivity index (χ4v) is 3.74. The third-order valence-corrected chi connectivity index (χ3v) is 4.80. The van der Waals surface area contributed by atoms with Crippen LogP contribution in [0.4, 0.5) is 11.4 Å². The van der Waals surface area contributed by atoms with E-state index in [0.29, 0.717) is 0 Å². The summed E-state index contributed by atoms with van der Waals surface area (Å²) >= 11 is 0. The van der Waals surface area contributed by atoms with Crippen molar-refractivity contribution < 1.29 is 4.79 Å². The summed E-state index contributed by atoms with van der Waals surface area (Å²) in [4.78, 5) is 14.9. The summed E-state index contributed by atoms with van der Waals surface area (Å²) in [5.41, 5.74) is 5.75. The van der Waals surface area contributed by atoms with Crippen molar-refractivity contribution in [2.75, 3.05) is 4.90 Å². The Hall–Kier alpha value is -2.61. The van der Waals surface area contributed by atoms with Crippen molar-refractivity contribution in [1.29, 1.82) is 0 Å². The van der Waals surface area contributed by atoms with Crippen LogP contribution < -0.4 is 4.90 Å². The van der Waals surface area contributed by atoms with Crippen LogP contribution in [-0.2, 0) is 10.2 Å². The van der Waals surface area contributed by atoms with Crippen LogP contribution in [0.25, 0.3) is 5.57 Å². The van der Waals surface area contributed by atoms with Gasteiger partial charge in [-0.3, -0.25) is 4.79 Å². The first kappa shape index (κ1) is 14.9. The fourth-order valence-electron chi connectivity index (χ4n) is 3.74. The zero-order valence-corrected chi connectivity index (χ0v) is 14.3. The molecule has 1 aliphatic heterocycles. The van der Waals surface area contributed by atoms with Crippen LogP contribution >= 0.6 is 0 Å². The predicted octanol–water partition coefficient (Wildman–Crippen LogP) is 5.03. The molecular formula is C22H21NO. The first-order chi connectivity index (χ1) is 11.5. The van der Waals surface area contributed by atoms with E-state index in [1.165, 1.54) is 5.56 Å². The SMILES string of the molecule is CC(C)(C)c1ccccc1N1c2ccccc2C2=CC=CC(=O)C21. The van der Waals surface area contributed by atoms with E-state index in [1.807, 2.05) is 18.2 Å². The van der Waals surface area contributed by atoms with Crippen LogP contribution in [0.2, 0.25) is 0 Å². The standard InChI is InChI=1S/C22H21NO/c1-22(2,3)17-11-5-7-13-19(17)23-18-12-6-4-9-15(18)16-10-8-14-20(24)21(16)23/h4-14,21H,1-3H3. The second kappa shape index (κ2) is 5.20. The van der Waals surface area contributed by atoms with Crippen LogP contribution in [0.3, 0.4) is 0 Å². The van der Waals surface area contributed by atoms with Crippen molar-refractivity contribution in [3.63, 3.8) is 0 Å². The van der Waals surface area contributed by atoms with Gasteiger partial charge < -0.3 is 4.90 Å². The summed E-state index contributed by atoms with van der Waals surface area (Å²) in [6, 6.07) is 16.5. The Bertz CT molecular complexity index is 883. The molecule has 120 valence electrons. The number of para-hydroxylation sites is 2. The highest BCUT2D eigenvalue weighted by Gasteiger charge is 2.40. The van der Waals surface area contributed by atoms with Crippen molar-refractivity contribution in [3.8, 4) is 0 Å². The molecule has 0 radical (unpaired) electrons. The highest BCUT2D eigenvalue weighted by Crippen LogP contribution is 2.48. The Kier molecular flexibility index (Phi) is 3.24. The number of hydrogen-bond acceptors (Lipinski definition) is 2. The minimum Gasteiger partial charge on any atom is -0.326 e. The number of benzene rings is 2. The van der Waals surface area contributed by atoms with E-state index in [0.717, 1.165) is 22.5 Å². The minimum atomic E-state index is -0.254. The summed E-state index contributed by atoms with van der Waals surface area (Å²) in [7, 11) is 0. The number of nitrogens with zero attached hydrogens (tertiary/aromatic N) is 1. The van der Waals surface area contributed by atoms with Gasteiger partial charge in [-0.2, -0.15) is 0 Å². The average Bonchev–Trinajstić information content (AvgIpc) is 2.90. The molecule has 0 bridgehead atoms. The van der Waals surface area contributed by atoms with Crippen LogP contribution in [0.1, 0.15) is 31.9 Å². The van der Waals surface area contributed by atoms with Crippen molar-refractivity contribution >= 4 is 22.7 Å². The quantitative estimate of drug-likeness (QED) is 0.736. The van der Waals surface area contributed by atoms with Gasteiger partial charge in [-0.05, 0) is 34.8 Å². The molecule has 2 aliphatic rings. The van der Waals surface area contributed by atoms with Gasteiger partial charge in [0.15, 0.2) is 5.78 Å². The number of anilines is 2. The van der Waals surface area contributed by atoms with Gasteiger partial charge in [0.25, 0.3) is 0 Å². The molecule has 1 unspecified atom stereocenters. The largest absolute Gasteiger partial charge is 0.326 e. The second-order valence-corrected chi connectivity index (χ2v) is 7.44. The van der Waals surface area contributed by atoms with Crippen molar-refractivity contribution in [2.24, 2.45) is 0 Å². The molecular weight excluding hydrogens is 294 g/mol. The lowest BCUT2D eigenvalue weighted by atomic mass is 9.85. The number of carbonyl (C=O) groups excluding carboxylic acids is 1. The summed E-state index contributed by atoms with van der Waals surface area (Å²) in [6.45, 7) is 6.65. The molecule has 0 fully saturated rings. The number of carbonyl (C=O) groups is 1. The van der Waals surface area contributed by atoms with Gasteiger partial charge in [0.1, 0.15) is 6.04 Å². The molecule has 0 amide bonds. The molecule has 2 heteroatoms. The van der Waals surface area contributed by atoms with Gasteiger partial charge in [-0.1, -0.05) is 69.3 Å². The van der Waals surface area contributed by atoms with Gasteiger partial charge in [0.05, 0.1) is 0 Å². The van der Waals surface area contributed by atoms with E-state index >= 15 is 0 Å². The maximum absolute atomic E-state index is 12.7. The molecule has 0 aromatic heterocycles. The Morgan fingerprint density at radius 2 is 1.58 bits per heavy atom. The third kappa shape index (κ3) is 2.14. The molecule has 1 heterocycles. The zero-order valence-electron chi connectivity index (χ0n) is 14.3. The summed E-state index contributed by atoms with van der Waals surface area (Å²) in [6.07, 6.45) is 5.63. The van der Waals surface area contributed by atoms with Crippen molar-refractivity contribution in [3.05, 3.63) is 77.9 Å². The molecule has 0 spiro atoms. The fraction of sp³-hybridized carbons (Fsp3) is 0.227. The maximum atomic E-state index is 12.7. The van der Waals surface area contributed by atoms with Gasteiger partial charge in [0, 0.05) is 16.9 Å². The van der Waals surface area contributed by atoms with Gasteiger partial charge in [-0.15, -0.1) is 0 Å². The second-order valence-electron chi connectivity index (χ2n) is 7.44. The lowest BCUT2D eigenvalue weighted by Crippen LogP contribution is -2.36. The molecule has 2 aromatic rings. The summed E-state index contributed by atoms with van der Waals surface area (Å²) < 4.78 is 0. The Morgan fingerprint density at radius 1 is 0.917 bits per heavy atom. The van der Waals surface area contributed by atoms with Crippen molar-refractivity contribution in [2.45, 2.75) is 32.2 Å². The normalized spacial score (nSPS) is 19.1. The molecule has 0 saturated heterocycles. The highest BCUT2D eigenvalue weighted by atomic mass is 16.1. The van der Waals surface area contributed by atoms with E-state index in [1.54, 1.807) is 6.08 Å². The smallest absolute Gasteiger partial charge is 0.183 e. The van der Waals surface area contributed by atoms with Crippen LogP contribution in [0, 0.1) is 0 Å². The number of hydrogen-bond donors (Lipinski definition) is 0. The van der Waals surface area contributed by atoms with Gasteiger partial charge in [-0.25, -0.2) is 0 Å². The highest BCUT2D eigenvalue weighted by molar-refractivity contribution is 6.14. The van der Waals surface area contributed by atoms with Crippen LogP contribution in [0.15, 0.2) is 66.8 Å². The van der Waals surface area contributed by atoms with Crippen molar-refractivity contribution in [1.82, 2.24) is 0 Å². The summed E-state index contributed by atoms with van der Waals surface area (Å²) in [5, 5.41) is 0. The van der Waals surface area contributed by atoms with Gasteiger partial charge in [0.2, 0.25) is 0 Å². The topological polar surface area (TPSA) is 20.3 Å². The lowest BCUT2D eigenvalue weighted by Gasteiger charge is -2.33. The zero-order chi connectivity index (χ0) is 16.9. The van der Waals surface area contributed by atoms with Crippen LogP contribution in [0.5, 0.6) is 0 Å². The van der Waals surface area contributed by atoms with Gasteiger partial charge >= 0.3 is 0 Å². The number of allylic oxidation sites excluding steroid dienone is 2. The van der Waals surface area contributed by atoms with E-state index in [4.69, 9.17) is 0 Å². The minimum absolute atomic E-state index is 0.00551. The maximum Gasteiger partial charge on any atom is 0.183 e. The average molecular weight is 315 g/mol. The molecule has 1 atom stereocenters. The Labute approximate surface area is 143 Å². The number of ketones is 1. The monoisotopic (exact) mass is 315 g/mol. The predicted molar refractivity (Wildman–Crippen MR) is 99.6 cm³/mol. The summed E-state index contributed by atoms with van der Waals surface area (Å²) in [5.74, 6) is 0.146. The van der Waals surface area contributed by atoms with E-state index in [2.05, 4.69) is 68.1 Å². The Morgan fingerprint density at radius 3 is 2.33 bits per heavy atom. The van der Waals surface area contributed by atoms with E-state index < -0.39 is 0 Å². The molecule has 1 aliphatic carbocycles. The first-order valence-corrected chi connectivity index (χ1v) is 8.39. The molecule has 0 saturated carbocycles. The Balaban J connectivity index is 1.98. The number of rotatable bonds is 1. The molecule has 2 aromatic carbocycles. The molecule has 4 rings (SSSR count). The van der Waals surface area contributed by atoms with E-state index in [-0.39, 0.29) is 17.2 Å². The lowest BCUT2D eigenvalue weighted by molar-refractivity contribution is -0.114. The molecule has 0 N–H and O–H groups in total. The molecule has 24 heavy (non-hydrogen) atoms. The first-order valence-electron chi connectivity index (χ1n) is 8.39. The van der Waals surface area contributed by atoms with E-state index in [9.17, 15) is 4.79 Å². The molecule has 2 nitrogen and oxygen atoms in total. The van der Waals surface area contributed by atoms with Crippen LogP contribution in [-0.4, -0.2) is 11.8 Å². The third-order valence-electron chi connectivity index (χ3n) is 4.80. The number of fused-ring (bicyclic) bond motifs is 3.